The Morgan fingerprint density at radius 3 is 2.62 bits per heavy atom. The lowest BCUT2D eigenvalue weighted by atomic mass is 9.99. The van der Waals surface area contributed by atoms with Gasteiger partial charge in [-0.05, 0) is 50.5 Å². The van der Waals surface area contributed by atoms with Crippen LogP contribution in [0.15, 0.2) is 61.1 Å². The molecule has 0 aliphatic heterocycles. The topological polar surface area (TPSA) is 129 Å². The van der Waals surface area contributed by atoms with Crippen molar-refractivity contribution in [3.05, 3.63) is 83.7 Å². The van der Waals surface area contributed by atoms with E-state index in [0.717, 1.165) is 11.3 Å². The number of hydrogen-bond donors (Lipinski definition) is 2. The molecule has 12 heteroatoms. The summed E-state index contributed by atoms with van der Waals surface area (Å²) < 4.78 is 39.6. The summed E-state index contributed by atoms with van der Waals surface area (Å²) in [5.41, 5.74) is 3.49. The highest BCUT2D eigenvalue weighted by Crippen LogP contribution is 2.34. The Hall–Kier alpha value is -5.13. The van der Waals surface area contributed by atoms with Crippen LogP contribution in [0.4, 0.5) is 9.18 Å². The molecule has 236 valence electrons. The quantitative estimate of drug-likeness (QED) is 0.154. The molecule has 2 N–H and O–H groups in total. The number of H-pyrrole nitrogens is 1. The highest BCUT2D eigenvalue weighted by molar-refractivity contribution is 5.83. The van der Waals surface area contributed by atoms with Crippen LogP contribution in [0.3, 0.4) is 0 Å². The Morgan fingerprint density at radius 2 is 1.87 bits per heavy atom. The molecular formula is C33H36FN5O6. The van der Waals surface area contributed by atoms with Gasteiger partial charge >= 0.3 is 12.1 Å². The first-order chi connectivity index (χ1) is 21.6. The van der Waals surface area contributed by atoms with Gasteiger partial charge in [0, 0.05) is 22.2 Å². The maximum absolute atomic E-state index is 15.2. The van der Waals surface area contributed by atoms with E-state index in [4.69, 9.17) is 18.9 Å². The van der Waals surface area contributed by atoms with Crippen molar-refractivity contribution in [3.63, 3.8) is 0 Å². The van der Waals surface area contributed by atoms with Gasteiger partial charge in [0.2, 0.25) is 5.88 Å². The number of esters is 1. The molecule has 5 rings (SSSR count). The van der Waals surface area contributed by atoms with Gasteiger partial charge in [-0.15, -0.1) is 0 Å². The van der Waals surface area contributed by atoms with Crippen LogP contribution in [0.25, 0.3) is 16.4 Å². The lowest BCUT2D eigenvalue weighted by Gasteiger charge is -2.24. The van der Waals surface area contributed by atoms with Gasteiger partial charge in [0.1, 0.15) is 43.0 Å². The average molecular weight is 618 g/mol. The van der Waals surface area contributed by atoms with Crippen molar-refractivity contribution in [1.29, 1.82) is 0 Å². The molecule has 0 aliphatic carbocycles. The molecule has 0 unspecified atom stereocenters. The second kappa shape index (κ2) is 13.7. The molecule has 3 aromatic heterocycles. The second-order valence-corrected chi connectivity index (χ2v) is 11.0. The first-order valence-corrected chi connectivity index (χ1v) is 14.7. The number of rotatable bonds is 12. The van der Waals surface area contributed by atoms with Gasteiger partial charge in [-0.2, -0.15) is 10.1 Å². The number of hydrogen-bond acceptors (Lipinski definition) is 8. The SMILES string of the molecule is CC[C@H](C)[C@H](NC(=O)OCc1ccccc1)C(=O)O[C@H](C)COc1cn2ncnc(Oc3ccc4[nH]c(C)cc4c3F)c2c1C. The number of fused-ring (bicyclic) bond motifs is 2. The van der Waals surface area contributed by atoms with Gasteiger partial charge in [-0.3, -0.25) is 0 Å². The Kier molecular flexibility index (Phi) is 9.50. The van der Waals surface area contributed by atoms with E-state index in [1.807, 2.05) is 51.1 Å². The van der Waals surface area contributed by atoms with E-state index >= 15 is 4.39 Å². The molecule has 0 saturated carbocycles. The Labute approximate surface area is 259 Å². The third-order valence-corrected chi connectivity index (χ3v) is 7.53. The molecule has 5 aromatic rings. The van der Waals surface area contributed by atoms with E-state index in [1.54, 1.807) is 38.2 Å². The lowest BCUT2D eigenvalue weighted by Crippen LogP contribution is -2.47. The number of aryl methyl sites for hydroxylation is 2. The number of benzene rings is 2. The van der Waals surface area contributed by atoms with Crippen LogP contribution in [0.1, 0.15) is 44.0 Å². The minimum absolute atomic E-state index is 0.0247. The predicted octanol–water partition coefficient (Wildman–Crippen LogP) is 6.41. The van der Waals surface area contributed by atoms with E-state index in [9.17, 15) is 9.59 Å². The average Bonchev–Trinajstić information content (AvgIpc) is 3.58. The fourth-order valence-corrected chi connectivity index (χ4v) is 4.87. The van der Waals surface area contributed by atoms with Crippen molar-refractivity contribution < 1.29 is 32.9 Å². The van der Waals surface area contributed by atoms with E-state index in [0.29, 0.717) is 34.2 Å². The molecule has 45 heavy (non-hydrogen) atoms. The number of carbonyl (C=O) groups excluding carboxylic acids is 2. The smallest absolute Gasteiger partial charge is 0.408 e. The zero-order valence-electron chi connectivity index (χ0n) is 25.8. The summed E-state index contributed by atoms with van der Waals surface area (Å²) in [5.74, 6) is -0.643. The molecule has 2 aromatic carbocycles. The Morgan fingerprint density at radius 1 is 1.09 bits per heavy atom. The summed E-state index contributed by atoms with van der Waals surface area (Å²) >= 11 is 0. The normalized spacial score (nSPS) is 13.3. The van der Waals surface area contributed by atoms with Gasteiger partial charge in [0.05, 0.1) is 6.20 Å². The molecule has 0 aliphatic rings. The van der Waals surface area contributed by atoms with Crippen LogP contribution < -0.4 is 14.8 Å². The zero-order valence-corrected chi connectivity index (χ0v) is 25.8. The minimum Gasteiger partial charge on any atom is -0.488 e. The largest absolute Gasteiger partial charge is 0.488 e. The number of aromatic amines is 1. The Bertz CT molecular complexity index is 1800. The number of carbonyl (C=O) groups is 2. The van der Waals surface area contributed by atoms with Crippen LogP contribution in [0, 0.1) is 25.6 Å². The first kappa shape index (κ1) is 31.3. The molecule has 11 nitrogen and oxygen atoms in total. The number of amides is 1. The van der Waals surface area contributed by atoms with Gasteiger partial charge in [0.25, 0.3) is 0 Å². The molecule has 3 heterocycles. The fourth-order valence-electron chi connectivity index (χ4n) is 4.87. The summed E-state index contributed by atoms with van der Waals surface area (Å²) in [6.45, 7) is 9.23. The van der Waals surface area contributed by atoms with Gasteiger partial charge in [-0.1, -0.05) is 50.6 Å². The van der Waals surface area contributed by atoms with Crippen molar-refractivity contribution in [1.82, 2.24) is 24.9 Å². The van der Waals surface area contributed by atoms with E-state index in [1.165, 1.54) is 10.8 Å². The number of ether oxygens (including phenoxy) is 4. The summed E-state index contributed by atoms with van der Waals surface area (Å²) in [6.07, 6.45) is 2.23. The third-order valence-electron chi connectivity index (χ3n) is 7.53. The molecule has 0 bridgehead atoms. The van der Waals surface area contributed by atoms with Crippen molar-refractivity contribution in [2.75, 3.05) is 6.61 Å². The van der Waals surface area contributed by atoms with Crippen molar-refractivity contribution in [2.45, 2.75) is 59.8 Å². The maximum Gasteiger partial charge on any atom is 0.408 e. The van der Waals surface area contributed by atoms with Gasteiger partial charge in [0.15, 0.2) is 11.6 Å². The number of aromatic nitrogens is 4. The van der Waals surface area contributed by atoms with E-state index in [-0.39, 0.29) is 30.8 Å². The number of alkyl carbamates (subject to hydrolysis) is 1. The summed E-state index contributed by atoms with van der Waals surface area (Å²) in [4.78, 5) is 32.9. The molecule has 0 saturated heterocycles. The summed E-state index contributed by atoms with van der Waals surface area (Å²) in [5, 5.41) is 7.31. The minimum atomic E-state index is -0.899. The molecular weight excluding hydrogens is 581 g/mol. The van der Waals surface area contributed by atoms with Crippen LogP contribution in [-0.2, 0) is 20.9 Å². The third kappa shape index (κ3) is 7.17. The Balaban J connectivity index is 1.22. The fraction of sp³-hybridized carbons (Fsp3) is 0.333. The molecule has 0 spiro atoms. The molecule has 0 radical (unpaired) electrons. The van der Waals surface area contributed by atoms with Crippen molar-refractivity contribution >= 4 is 28.5 Å². The van der Waals surface area contributed by atoms with E-state index in [2.05, 4.69) is 20.4 Å². The van der Waals surface area contributed by atoms with Crippen LogP contribution >= 0.6 is 0 Å². The monoisotopic (exact) mass is 617 g/mol. The van der Waals surface area contributed by atoms with Crippen LogP contribution in [-0.4, -0.2) is 50.4 Å². The molecule has 3 atom stereocenters. The van der Waals surface area contributed by atoms with Gasteiger partial charge < -0.3 is 29.2 Å². The van der Waals surface area contributed by atoms with Crippen LogP contribution in [0.5, 0.6) is 17.4 Å². The van der Waals surface area contributed by atoms with Crippen LogP contribution in [0.2, 0.25) is 0 Å². The highest BCUT2D eigenvalue weighted by Gasteiger charge is 2.29. The maximum atomic E-state index is 15.2. The van der Waals surface area contributed by atoms with Crippen molar-refractivity contribution in [2.24, 2.45) is 5.92 Å². The highest BCUT2D eigenvalue weighted by atomic mass is 19.1. The predicted molar refractivity (Wildman–Crippen MR) is 165 cm³/mol. The standard InChI is InChI=1S/C33H36FN5O6/c1-6-19(2)29(38-33(41)43-17-23-10-8-7-9-11-23)32(40)44-21(4)16-42-27-15-39-30(22(27)5)31(35-18-36-39)45-26-13-12-25-24(28(26)34)14-20(3)37-25/h7-15,18-19,21,29,37H,6,16-17H2,1-5H3,(H,38,41)/t19-,21+,29-/m0/s1. The number of nitrogens with zero attached hydrogens (tertiary/aromatic N) is 3. The second-order valence-electron chi connectivity index (χ2n) is 11.0. The number of halogens is 1. The van der Waals surface area contributed by atoms with Gasteiger partial charge in [-0.25, -0.2) is 18.5 Å². The first-order valence-electron chi connectivity index (χ1n) is 14.7. The molecule has 0 fully saturated rings. The lowest BCUT2D eigenvalue weighted by molar-refractivity contribution is -0.153. The van der Waals surface area contributed by atoms with Crippen molar-refractivity contribution in [3.8, 4) is 17.4 Å². The molecule has 1 amide bonds. The zero-order chi connectivity index (χ0) is 32.1. The summed E-state index contributed by atoms with van der Waals surface area (Å²) in [6, 6.07) is 13.4. The summed E-state index contributed by atoms with van der Waals surface area (Å²) in [7, 11) is 0. The number of nitrogens with one attached hydrogen (secondary N) is 2. The van der Waals surface area contributed by atoms with E-state index < -0.39 is 30.0 Å².